The van der Waals surface area contributed by atoms with E-state index in [-0.39, 0.29) is 5.60 Å². The topological polar surface area (TPSA) is 33.6 Å². The van der Waals surface area contributed by atoms with Crippen LogP contribution in [0.25, 0.3) is 0 Å². The SMILES string of the molecule is COC1(CN=C2NC(C)CC(C)S2)CCC1. The summed E-state index contributed by atoms with van der Waals surface area (Å²) in [5.74, 6) is 0. The Morgan fingerprint density at radius 3 is 2.75 bits per heavy atom. The summed E-state index contributed by atoms with van der Waals surface area (Å²) in [4.78, 5) is 4.69. The van der Waals surface area contributed by atoms with Crippen molar-refractivity contribution in [1.82, 2.24) is 5.32 Å². The second-order valence-electron chi connectivity index (χ2n) is 5.07. The van der Waals surface area contributed by atoms with Gasteiger partial charge in [0.25, 0.3) is 0 Å². The summed E-state index contributed by atoms with van der Waals surface area (Å²) >= 11 is 1.86. The van der Waals surface area contributed by atoms with Crippen molar-refractivity contribution < 1.29 is 4.74 Å². The first-order chi connectivity index (χ1) is 7.63. The molecule has 0 aromatic rings. The molecule has 0 spiro atoms. The monoisotopic (exact) mass is 242 g/mol. The van der Waals surface area contributed by atoms with Crippen LogP contribution >= 0.6 is 11.8 Å². The molecular formula is C12H22N2OS. The van der Waals surface area contributed by atoms with Gasteiger partial charge in [-0.2, -0.15) is 0 Å². The standard InChI is InChI=1S/C12H22N2OS/c1-9-7-10(2)16-11(14-9)13-8-12(15-3)5-4-6-12/h9-10H,4-8H2,1-3H3,(H,13,14). The molecule has 2 aliphatic rings. The molecule has 0 aromatic heterocycles. The van der Waals surface area contributed by atoms with E-state index in [0.29, 0.717) is 11.3 Å². The van der Waals surface area contributed by atoms with Crippen LogP contribution in [0.2, 0.25) is 0 Å². The molecule has 1 heterocycles. The van der Waals surface area contributed by atoms with Crippen LogP contribution in [-0.4, -0.2) is 35.7 Å². The predicted molar refractivity (Wildman–Crippen MR) is 70.2 cm³/mol. The van der Waals surface area contributed by atoms with Gasteiger partial charge in [-0.1, -0.05) is 18.7 Å². The second-order valence-corrected chi connectivity index (χ2v) is 6.50. The van der Waals surface area contributed by atoms with E-state index < -0.39 is 0 Å². The third-order valence-electron chi connectivity index (χ3n) is 3.58. The van der Waals surface area contributed by atoms with Crippen molar-refractivity contribution in [2.75, 3.05) is 13.7 Å². The first kappa shape index (κ1) is 12.2. The lowest BCUT2D eigenvalue weighted by molar-refractivity contribution is -0.0629. The van der Waals surface area contributed by atoms with Gasteiger partial charge in [-0.15, -0.1) is 0 Å². The largest absolute Gasteiger partial charge is 0.376 e. The van der Waals surface area contributed by atoms with Gasteiger partial charge in [0.1, 0.15) is 0 Å². The van der Waals surface area contributed by atoms with Crippen LogP contribution < -0.4 is 5.32 Å². The third-order valence-corrected chi connectivity index (χ3v) is 4.64. The van der Waals surface area contributed by atoms with E-state index in [1.165, 1.54) is 12.8 Å². The van der Waals surface area contributed by atoms with Crippen LogP contribution in [0.5, 0.6) is 0 Å². The summed E-state index contributed by atoms with van der Waals surface area (Å²) in [5, 5.41) is 5.23. The van der Waals surface area contributed by atoms with E-state index in [1.54, 1.807) is 0 Å². The number of methoxy groups -OCH3 is 1. The van der Waals surface area contributed by atoms with Gasteiger partial charge in [0.2, 0.25) is 0 Å². The zero-order valence-electron chi connectivity index (χ0n) is 10.5. The van der Waals surface area contributed by atoms with Crippen LogP contribution in [0.4, 0.5) is 0 Å². The number of rotatable bonds is 3. The van der Waals surface area contributed by atoms with Crippen molar-refractivity contribution in [2.45, 2.75) is 56.4 Å². The maximum atomic E-state index is 5.57. The number of aliphatic imine (C=N–C) groups is 1. The molecule has 1 aliphatic carbocycles. The van der Waals surface area contributed by atoms with Crippen LogP contribution in [0.15, 0.2) is 4.99 Å². The number of ether oxygens (including phenoxy) is 1. The molecule has 92 valence electrons. The molecule has 0 radical (unpaired) electrons. The zero-order valence-corrected chi connectivity index (χ0v) is 11.3. The first-order valence-corrected chi connectivity index (χ1v) is 7.04. The first-order valence-electron chi connectivity index (χ1n) is 6.16. The Morgan fingerprint density at radius 1 is 1.50 bits per heavy atom. The molecule has 0 amide bonds. The maximum absolute atomic E-state index is 5.57. The average molecular weight is 242 g/mol. The summed E-state index contributed by atoms with van der Waals surface area (Å²) in [6, 6.07) is 0.551. The van der Waals surface area contributed by atoms with Crippen molar-refractivity contribution in [3.8, 4) is 0 Å². The summed E-state index contributed by atoms with van der Waals surface area (Å²) in [6.45, 7) is 5.31. The highest BCUT2D eigenvalue weighted by atomic mass is 32.2. The highest BCUT2D eigenvalue weighted by molar-refractivity contribution is 8.14. The van der Waals surface area contributed by atoms with Crippen LogP contribution in [-0.2, 0) is 4.74 Å². The van der Waals surface area contributed by atoms with E-state index in [2.05, 4.69) is 19.2 Å². The fourth-order valence-corrected chi connectivity index (χ4v) is 3.51. The smallest absolute Gasteiger partial charge is 0.157 e. The molecule has 1 N–H and O–H groups in total. The van der Waals surface area contributed by atoms with Crippen LogP contribution in [0, 0.1) is 0 Å². The molecule has 2 rings (SSSR count). The molecule has 1 aliphatic heterocycles. The van der Waals surface area contributed by atoms with E-state index in [4.69, 9.17) is 9.73 Å². The molecule has 4 heteroatoms. The van der Waals surface area contributed by atoms with E-state index in [0.717, 1.165) is 24.6 Å². The number of nitrogens with one attached hydrogen (secondary N) is 1. The quantitative estimate of drug-likeness (QED) is 0.825. The Balaban J connectivity index is 1.91. The minimum absolute atomic E-state index is 0.0547. The molecule has 3 nitrogen and oxygen atoms in total. The molecule has 16 heavy (non-hydrogen) atoms. The number of thioether (sulfide) groups is 1. The maximum Gasteiger partial charge on any atom is 0.157 e. The van der Waals surface area contributed by atoms with Crippen molar-refractivity contribution in [1.29, 1.82) is 0 Å². The van der Waals surface area contributed by atoms with E-state index in [1.807, 2.05) is 18.9 Å². The Morgan fingerprint density at radius 2 is 2.25 bits per heavy atom. The Labute approximate surface area is 102 Å². The summed E-state index contributed by atoms with van der Waals surface area (Å²) in [6.07, 6.45) is 4.83. The lowest BCUT2D eigenvalue weighted by Gasteiger charge is -2.39. The van der Waals surface area contributed by atoms with E-state index in [9.17, 15) is 0 Å². The van der Waals surface area contributed by atoms with Gasteiger partial charge in [-0.05, 0) is 32.6 Å². The van der Waals surface area contributed by atoms with Crippen molar-refractivity contribution >= 4 is 16.9 Å². The lowest BCUT2D eigenvalue weighted by Crippen LogP contribution is -2.44. The number of amidine groups is 1. The minimum atomic E-state index is 0.0547. The van der Waals surface area contributed by atoms with Gasteiger partial charge in [-0.25, -0.2) is 0 Å². The second kappa shape index (κ2) is 4.96. The van der Waals surface area contributed by atoms with Gasteiger partial charge in [0.15, 0.2) is 5.17 Å². The summed E-state index contributed by atoms with van der Waals surface area (Å²) in [7, 11) is 1.81. The summed E-state index contributed by atoms with van der Waals surface area (Å²) < 4.78 is 5.57. The Hall–Kier alpha value is -0.220. The Bertz CT molecular complexity index is 259. The normalized spacial score (nSPS) is 35.6. The number of hydrogen-bond acceptors (Lipinski definition) is 3. The fourth-order valence-electron chi connectivity index (χ4n) is 2.34. The Kier molecular flexibility index (Phi) is 3.80. The molecule has 1 saturated heterocycles. The van der Waals surface area contributed by atoms with Gasteiger partial charge in [0, 0.05) is 18.4 Å². The predicted octanol–water partition coefficient (Wildman–Crippen LogP) is 2.42. The van der Waals surface area contributed by atoms with Crippen molar-refractivity contribution in [3.05, 3.63) is 0 Å². The lowest BCUT2D eigenvalue weighted by atomic mass is 9.80. The van der Waals surface area contributed by atoms with Gasteiger partial charge in [0.05, 0.1) is 12.1 Å². The van der Waals surface area contributed by atoms with Crippen molar-refractivity contribution in [2.24, 2.45) is 4.99 Å². The van der Waals surface area contributed by atoms with Crippen LogP contribution in [0.1, 0.15) is 39.5 Å². The van der Waals surface area contributed by atoms with Crippen molar-refractivity contribution in [3.63, 3.8) is 0 Å². The average Bonchev–Trinajstić information content (AvgIpc) is 2.15. The van der Waals surface area contributed by atoms with E-state index >= 15 is 0 Å². The summed E-state index contributed by atoms with van der Waals surface area (Å²) in [5.41, 5.74) is 0.0547. The fraction of sp³-hybridized carbons (Fsp3) is 0.917. The molecule has 2 atom stereocenters. The number of nitrogens with zero attached hydrogens (tertiary/aromatic N) is 1. The molecule has 0 aromatic carbocycles. The molecule has 1 saturated carbocycles. The molecular weight excluding hydrogens is 220 g/mol. The number of hydrogen-bond donors (Lipinski definition) is 1. The molecule has 2 unspecified atom stereocenters. The minimum Gasteiger partial charge on any atom is -0.376 e. The highest BCUT2D eigenvalue weighted by Gasteiger charge is 2.37. The van der Waals surface area contributed by atoms with Crippen LogP contribution in [0.3, 0.4) is 0 Å². The molecule has 2 fully saturated rings. The molecule has 0 bridgehead atoms. The van der Waals surface area contributed by atoms with Gasteiger partial charge >= 0.3 is 0 Å². The third kappa shape index (κ3) is 2.72. The zero-order chi connectivity index (χ0) is 11.6. The van der Waals surface area contributed by atoms with Gasteiger partial charge in [-0.3, -0.25) is 4.99 Å². The van der Waals surface area contributed by atoms with Gasteiger partial charge < -0.3 is 10.1 Å². The highest BCUT2D eigenvalue weighted by Crippen LogP contribution is 2.35.